The van der Waals surface area contributed by atoms with E-state index in [0.29, 0.717) is 5.56 Å². The highest BCUT2D eigenvalue weighted by Gasteiger charge is 2.37. The van der Waals surface area contributed by atoms with Gasteiger partial charge in [-0.1, -0.05) is 0 Å². The van der Waals surface area contributed by atoms with E-state index in [1.807, 2.05) is 0 Å². The Balaban J connectivity index is 2.05. The summed E-state index contributed by atoms with van der Waals surface area (Å²) in [6.45, 7) is 10.0. The van der Waals surface area contributed by atoms with Crippen LogP contribution in [-0.4, -0.2) is 57.3 Å². The lowest BCUT2D eigenvalue weighted by Gasteiger charge is -2.35. The van der Waals surface area contributed by atoms with Crippen LogP contribution in [0.4, 0.5) is 0 Å². The first-order valence-corrected chi connectivity index (χ1v) is 10.2. The number of ether oxygens (including phenoxy) is 1. The van der Waals surface area contributed by atoms with E-state index in [4.69, 9.17) is 13.8 Å². The van der Waals surface area contributed by atoms with Gasteiger partial charge in [-0.2, -0.15) is 0 Å². The van der Waals surface area contributed by atoms with Crippen molar-refractivity contribution in [3.8, 4) is 0 Å². The highest BCUT2D eigenvalue weighted by molar-refractivity contribution is 7.44. The van der Waals surface area contributed by atoms with Crippen molar-refractivity contribution in [2.45, 2.75) is 71.6 Å². The second-order valence-electron chi connectivity index (χ2n) is 7.19. The van der Waals surface area contributed by atoms with Gasteiger partial charge >= 0.3 is 5.69 Å². The molecule has 4 atom stereocenters. The van der Waals surface area contributed by atoms with E-state index < -0.39 is 38.2 Å². The number of aromatic amines is 1. The molecule has 0 saturated carbocycles. The van der Waals surface area contributed by atoms with Gasteiger partial charge in [0.25, 0.3) is 14.1 Å². The molecule has 1 aliphatic rings. The lowest BCUT2D eigenvalue weighted by molar-refractivity contribution is -0.0429. The van der Waals surface area contributed by atoms with Gasteiger partial charge in [-0.25, -0.2) is 9.46 Å². The molecule has 27 heavy (non-hydrogen) atoms. The van der Waals surface area contributed by atoms with Crippen LogP contribution in [0.3, 0.4) is 0 Å². The number of aliphatic hydroxyl groups excluding tert-OH is 1. The summed E-state index contributed by atoms with van der Waals surface area (Å²) in [4.78, 5) is 25.8. The van der Waals surface area contributed by atoms with Gasteiger partial charge in [0, 0.05) is 37.4 Å². The molecule has 10 heteroatoms. The average Bonchev–Trinajstić information content (AvgIpc) is 2.94. The van der Waals surface area contributed by atoms with E-state index in [9.17, 15) is 14.7 Å². The van der Waals surface area contributed by atoms with Crippen molar-refractivity contribution < 1.29 is 18.9 Å². The van der Waals surface area contributed by atoms with Crippen LogP contribution in [-0.2, 0) is 13.8 Å². The summed E-state index contributed by atoms with van der Waals surface area (Å²) in [5.41, 5.74) is -0.586. The molecule has 2 heterocycles. The quantitative estimate of drug-likeness (QED) is 0.634. The smallest absolute Gasteiger partial charge is 0.330 e. The van der Waals surface area contributed by atoms with Gasteiger partial charge in [-0.05, 0) is 34.6 Å². The lowest BCUT2D eigenvalue weighted by atomic mass is 10.2. The molecule has 1 unspecified atom stereocenters. The van der Waals surface area contributed by atoms with Gasteiger partial charge in [0.05, 0.1) is 12.7 Å². The van der Waals surface area contributed by atoms with E-state index in [-0.39, 0.29) is 25.1 Å². The summed E-state index contributed by atoms with van der Waals surface area (Å²) in [6, 6.07) is 0.474. The number of nitrogens with zero attached hydrogens (tertiary/aromatic N) is 2. The third-order valence-corrected chi connectivity index (χ3v) is 6.40. The zero-order valence-electron chi connectivity index (χ0n) is 16.7. The van der Waals surface area contributed by atoms with E-state index in [0.717, 1.165) is 0 Å². The number of rotatable bonds is 8. The van der Waals surface area contributed by atoms with Gasteiger partial charge < -0.3 is 18.9 Å². The Bertz CT molecular complexity index is 726. The summed E-state index contributed by atoms with van der Waals surface area (Å²) < 4.78 is 20.7. The van der Waals surface area contributed by atoms with Gasteiger partial charge in [0.1, 0.15) is 12.3 Å². The number of aryl methyl sites for hydroxylation is 1. The molecule has 0 aromatic carbocycles. The zero-order valence-corrected chi connectivity index (χ0v) is 17.6. The molecule has 1 aliphatic heterocycles. The third kappa shape index (κ3) is 5.25. The fourth-order valence-electron chi connectivity index (χ4n) is 3.16. The Hall–Kier alpha value is -1.09. The summed E-state index contributed by atoms with van der Waals surface area (Å²) in [6.07, 6.45) is -0.340. The van der Waals surface area contributed by atoms with Crippen LogP contribution in [0.2, 0.25) is 0 Å². The minimum absolute atomic E-state index is 0.143. The Morgan fingerprint density at radius 1 is 1.37 bits per heavy atom. The average molecular weight is 403 g/mol. The van der Waals surface area contributed by atoms with Crippen molar-refractivity contribution in [3.05, 3.63) is 32.6 Å². The van der Waals surface area contributed by atoms with E-state index in [2.05, 4.69) is 37.3 Å². The molecule has 0 spiro atoms. The lowest BCUT2D eigenvalue weighted by Crippen LogP contribution is -2.35. The minimum atomic E-state index is -1.29. The second kappa shape index (κ2) is 9.41. The molecule has 1 aromatic rings. The maximum absolute atomic E-state index is 12.0. The number of hydrogen-bond donors (Lipinski definition) is 2. The van der Waals surface area contributed by atoms with Crippen molar-refractivity contribution in [1.82, 2.24) is 14.2 Å². The first-order chi connectivity index (χ1) is 12.6. The fraction of sp³-hybridized carbons (Fsp3) is 0.765. The highest BCUT2D eigenvalue weighted by Crippen LogP contribution is 2.45. The monoisotopic (exact) mass is 403 g/mol. The number of H-pyrrole nitrogens is 1. The van der Waals surface area contributed by atoms with Gasteiger partial charge in [-0.3, -0.25) is 14.3 Å². The predicted octanol–water partition coefficient (Wildman–Crippen LogP) is 1.50. The molecular formula is C17H30N3O6P. The van der Waals surface area contributed by atoms with Crippen LogP contribution >= 0.6 is 8.53 Å². The van der Waals surface area contributed by atoms with Crippen LogP contribution in [0.15, 0.2) is 15.8 Å². The highest BCUT2D eigenvalue weighted by atomic mass is 31.2. The Morgan fingerprint density at radius 3 is 2.56 bits per heavy atom. The van der Waals surface area contributed by atoms with Gasteiger partial charge in [0.15, 0.2) is 0 Å². The van der Waals surface area contributed by atoms with Crippen LogP contribution in [0.1, 0.15) is 45.9 Å². The van der Waals surface area contributed by atoms with Crippen LogP contribution in [0.25, 0.3) is 0 Å². The van der Waals surface area contributed by atoms with Crippen molar-refractivity contribution in [1.29, 1.82) is 0 Å². The van der Waals surface area contributed by atoms with Crippen molar-refractivity contribution in [2.24, 2.45) is 0 Å². The van der Waals surface area contributed by atoms with E-state index in [1.165, 1.54) is 10.8 Å². The standard InChI is InChI=1S/C17H30N3O6P/c1-10(2)20(11(3)4)27(24-6)25-9-14-13(21)7-15(26-14)19-8-12(5)16(22)18-17(19)23/h8,10-11,13-15,21H,7,9H2,1-6H3,(H,18,22,23)/t13-,14+,15+,27?/m0/s1. The summed E-state index contributed by atoms with van der Waals surface area (Å²) in [7, 11) is 0.304. The molecule has 154 valence electrons. The Morgan fingerprint density at radius 2 is 2.00 bits per heavy atom. The maximum atomic E-state index is 12.0. The SMILES string of the molecule is COP(OC[C@H]1O[C@@H](n2cc(C)c(=O)[nH]c2=O)C[C@@H]1O)N(C(C)C)C(C)C. The van der Waals surface area contributed by atoms with Crippen molar-refractivity contribution >= 4 is 8.53 Å². The number of aromatic nitrogens is 2. The van der Waals surface area contributed by atoms with Crippen molar-refractivity contribution in [2.75, 3.05) is 13.7 Å². The topological polar surface area (TPSA) is 106 Å². The summed E-state index contributed by atoms with van der Waals surface area (Å²) in [5.74, 6) is 0. The first-order valence-electron chi connectivity index (χ1n) is 9.06. The largest absolute Gasteiger partial charge is 0.390 e. The molecule has 0 bridgehead atoms. The summed E-state index contributed by atoms with van der Waals surface area (Å²) >= 11 is 0. The molecule has 1 fully saturated rings. The van der Waals surface area contributed by atoms with E-state index >= 15 is 0 Å². The Labute approximate surface area is 160 Å². The normalized spacial score (nSPS) is 24.3. The molecule has 1 saturated heterocycles. The first kappa shape index (κ1) is 22.2. The van der Waals surface area contributed by atoms with Crippen molar-refractivity contribution in [3.63, 3.8) is 0 Å². The fourth-order valence-corrected chi connectivity index (χ4v) is 4.62. The molecular weight excluding hydrogens is 373 g/mol. The molecule has 0 amide bonds. The third-order valence-electron chi connectivity index (χ3n) is 4.41. The van der Waals surface area contributed by atoms with Gasteiger partial charge in [0.2, 0.25) is 0 Å². The molecule has 9 nitrogen and oxygen atoms in total. The minimum Gasteiger partial charge on any atom is -0.390 e. The number of nitrogens with one attached hydrogen (secondary N) is 1. The number of aliphatic hydroxyl groups is 1. The van der Waals surface area contributed by atoms with Gasteiger partial charge in [-0.15, -0.1) is 0 Å². The molecule has 2 rings (SSSR count). The van der Waals surface area contributed by atoms with Crippen LogP contribution in [0.5, 0.6) is 0 Å². The van der Waals surface area contributed by atoms with E-state index in [1.54, 1.807) is 14.0 Å². The maximum Gasteiger partial charge on any atom is 0.330 e. The number of hydrogen-bond acceptors (Lipinski definition) is 7. The molecule has 0 aliphatic carbocycles. The Kier molecular flexibility index (Phi) is 7.73. The molecule has 0 radical (unpaired) electrons. The predicted molar refractivity (Wildman–Crippen MR) is 103 cm³/mol. The second-order valence-corrected chi connectivity index (χ2v) is 8.76. The van der Waals surface area contributed by atoms with Crippen LogP contribution < -0.4 is 11.2 Å². The molecule has 1 aromatic heterocycles. The van der Waals surface area contributed by atoms with Crippen LogP contribution in [0, 0.1) is 6.92 Å². The molecule has 2 N–H and O–H groups in total. The zero-order chi connectivity index (χ0) is 20.3. The summed E-state index contributed by atoms with van der Waals surface area (Å²) in [5, 5.41) is 10.3.